The highest BCUT2D eigenvalue weighted by atomic mass is 32.2. The van der Waals surface area contributed by atoms with Crippen molar-refractivity contribution in [3.05, 3.63) is 53.1 Å². The van der Waals surface area contributed by atoms with Gasteiger partial charge in [-0.3, -0.25) is 4.79 Å². The number of hydrogen-bond donors (Lipinski definition) is 2. The van der Waals surface area contributed by atoms with Gasteiger partial charge in [-0.05, 0) is 47.6 Å². The number of phenols is 1. The average Bonchev–Trinajstić information content (AvgIpc) is 2.51. The fraction of sp³-hybridized carbons (Fsp3) is 0.435. The first-order valence-corrected chi connectivity index (χ1v) is 10.2. The van der Waals surface area contributed by atoms with Crippen LogP contribution in [0, 0.1) is 6.92 Å². The molecule has 0 heterocycles. The zero-order chi connectivity index (χ0) is 20.4. The third-order valence-electron chi connectivity index (χ3n) is 4.37. The van der Waals surface area contributed by atoms with Crippen molar-refractivity contribution in [1.29, 1.82) is 0 Å². The molecule has 0 saturated carbocycles. The van der Waals surface area contributed by atoms with Crippen LogP contribution in [0.5, 0.6) is 5.75 Å². The molecule has 2 rings (SSSR count). The van der Waals surface area contributed by atoms with Crippen LogP contribution in [0.2, 0.25) is 0 Å². The van der Waals surface area contributed by atoms with Gasteiger partial charge in [-0.15, -0.1) is 11.8 Å². The fourth-order valence-corrected chi connectivity index (χ4v) is 3.68. The molecular weight excluding hydrogens is 354 g/mol. The van der Waals surface area contributed by atoms with E-state index in [1.165, 1.54) is 11.8 Å². The van der Waals surface area contributed by atoms with Gasteiger partial charge < -0.3 is 10.4 Å². The molecule has 0 radical (unpaired) electrons. The number of phenolic OH excluding ortho intramolecular Hbond substituents is 1. The molecule has 0 aliphatic rings. The lowest BCUT2D eigenvalue weighted by Crippen LogP contribution is -2.18. The van der Waals surface area contributed by atoms with Gasteiger partial charge in [0.15, 0.2) is 0 Å². The lowest BCUT2D eigenvalue weighted by molar-refractivity contribution is -0.113. The average molecular weight is 386 g/mol. The maximum Gasteiger partial charge on any atom is 0.234 e. The van der Waals surface area contributed by atoms with E-state index in [9.17, 15) is 9.90 Å². The summed E-state index contributed by atoms with van der Waals surface area (Å²) in [5, 5.41) is 13.7. The number of carbonyl (C=O) groups excluding carboxylic acids is 1. The summed E-state index contributed by atoms with van der Waals surface area (Å²) in [7, 11) is 0. The lowest BCUT2D eigenvalue weighted by Gasteiger charge is -2.28. The minimum absolute atomic E-state index is 0.0340. The first-order chi connectivity index (χ1) is 12.4. The number of aryl methyl sites for hydroxylation is 1. The number of amides is 1. The first kappa shape index (κ1) is 21.4. The summed E-state index contributed by atoms with van der Waals surface area (Å²) < 4.78 is 0. The molecule has 0 bridgehead atoms. The quantitative estimate of drug-likeness (QED) is 0.632. The van der Waals surface area contributed by atoms with E-state index >= 15 is 0 Å². The summed E-state index contributed by atoms with van der Waals surface area (Å²) in [5.74, 6) is 0.656. The van der Waals surface area contributed by atoms with Crippen molar-refractivity contribution < 1.29 is 9.90 Å². The van der Waals surface area contributed by atoms with Crippen LogP contribution in [0.3, 0.4) is 0 Å². The van der Waals surface area contributed by atoms with Crippen molar-refractivity contribution in [2.75, 3.05) is 11.1 Å². The zero-order valence-corrected chi connectivity index (χ0v) is 18.3. The van der Waals surface area contributed by atoms with E-state index in [0.717, 1.165) is 27.3 Å². The van der Waals surface area contributed by atoms with E-state index in [2.05, 4.69) is 46.9 Å². The van der Waals surface area contributed by atoms with Crippen LogP contribution in [0.25, 0.3) is 0 Å². The molecule has 2 aromatic rings. The molecule has 0 spiro atoms. The van der Waals surface area contributed by atoms with Crippen LogP contribution in [0.1, 0.15) is 58.2 Å². The van der Waals surface area contributed by atoms with Crippen molar-refractivity contribution in [2.24, 2.45) is 0 Å². The van der Waals surface area contributed by atoms with Gasteiger partial charge in [-0.2, -0.15) is 0 Å². The van der Waals surface area contributed by atoms with Gasteiger partial charge in [0, 0.05) is 21.7 Å². The summed E-state index contributed by atoms with van der Waals surface area (Å²) in [6, 6.07) is 11.8. The van der Waals surface area contributed by atoms with Gasteiger partial charge in [-0.1, -0.05) is 53.7 Å². The van der Waals surface area contributed by atoms with E-state index < -0.39 is 0 Å². The highest BCUT2D eigenvalue weighted by Crippen LogP contribution is 2.41. The van der Waals surface area contributed by atoms with Gasteiger partial charge in [-0.25, -0.2) is 0 Å². The molecule has 0 unspecified atom stereocenters. The minimum Gasteiger partial charge on any atom is -0.507 e. The molecule has 146 valence electrons. The number of thioether (sulfide) groups is 1. The maximum atomic E-state index is 12.3. The predicted molar refractivity (Wildman–Crippen MR) is 116 cm³/mol. The molecule has 0 aliphatic heterocycles. The molecule has 1 amide bonds. The lowest BCUT2D eigenvalue weighted by atomic mass is 9.79. The van der Waals surface area contributed by atoms with E-state index in [1.54, 1.807) is 0 Å². The number of nitrogens with one attached hydrogen (secondary N) is 1. The predicted octanol–water partition coefficient (Wildman–Crippen LogP) is 6.03. The molecule has 2 N–H and O–H groups in total. The summed E-state index contributed by atoms with van der Waals surface area (Å²) in [6.07, 6.45) is 0. The highest BCUT2D eigenvalue weighted by molar-refractivity contribution is 8.00. The normalized spacial score (nSPS) is 12.1. The van der Waals surface area contributed by atoms with Gasteiger partial charge in [0.2, 0.25) is 5.91 Å². The van der Waals surface area contributed by atoms with Gasteiger partial charge in [0.25, 0.3) is 0 Å². The SMILES string of the molecule is Cc1cccc(NC(=O)CSc2cc(C(C)(C)C)c(O)c(C(C)(C)C)c2)c1. The first-order valence-electron chi connectivity index (χ1n) is 9.25. The van der Waals surface area contributed by atoms with Gasteiger partial charge in [0.1, 0.15) is 5.75 Å². The summed E-state index contributed by atoms with van der Waals surface area (Å²) in [5.41, 5.74) is 3.41. The number of anilines is 1. The molecular formula is C23H31NO2S. The Morgan fingerprint density at radius 3 is 2.04 bits per heavy atom. The van der Waals surface area contributed by atoms with Crippen LogP contribution in [0.15, 0.2) is 41.3 Å². The standard InChI is InChI=1S/C23H31NO2S/c1-15-9-8-10-16(11-15)24-20(25)14-27-17-12-18(22(2,3)4)21(26)19(13-17)23(5,6)7/h8-13,26H,14H2,1-7H3,(H,24,25). The second kappa shape index (κ2) is 7.97. The number of benzene rings is 2. The van der Waals surface area contributed by atoms with Gasteiger partial charge in [0.05, 0.1) is 5.75 Å². The van der Waals surface area contributed by atoms with Crippen LogP contribution in [-0.2, 0) is 15.6 Å². The Kier molecular flexibility index (Phi) is 6.31. The Morgan fingerprint density at radius 1 is 1.00 bits per heavy atom. The van der Waals surface area contributed by atoms with Crippen LogP contribution in [-0.4, -0.2) is 16.8 Å². The summed E-state index contributed by atoms with van der Waals surface area (Å²) in [6.45, 7) is 14.5. The number of hydrogen-bond acceptors (Lipinski definition) is 3. The smallest absolute Gasteiger partial charge is 0.234 e. The third kappa shape index (κ3) is 5.77. The molecule has 27 heavy (non-hydrogen) atoms. The van der Waals surface area contributed by atoms with E-state index in [4.69, 9.17) is 0 Å². The Balaban J connectivity index is 2.21. The second-order valence-electron chi connectivity index (χ2n) is 9.07. The summed E-state index contributed by atoms with van der Waals surface area (Å²) >= 11 is 1.50. The fourth-order valence-electron chi connectivity index (χ4n) is 2.90. The van der Waals surface area contributed by atoms with Crippen molar-refractivity contribution in [3.8, 4) is 5.75 Å². The summed E-state index contributed by atoms with van der Waals surface area (Å²) in [4.78, 5) is 13.3. The zero-order valence-electron chi connectivity index (χ0n) is 17.4. The molecule has 0 aromatic heterocycles. The monoisotopic (exact) mass is 385 g/mol. The van der Waals surface area contributed by atoms with Crippen molar-refractivity contribution in [2.45, 2.75) is 64.2 Å². The van der Waals surface area contributed by atoms with Crippen LogP contribution >= 0.6 is 11.8 Å². The number of carbonyl (C=O) groups is 1. The Hall–Kier alpha value is -1.94. The number of aromatic hydroxyl groups is 1. The Labute approximate surface area is 167 Å². The number of rotatable bonds is 4. The van der Waals surface area contributed by atoms with E-state index in [1.807, 2.05) is 43.3 Å². The van der Waals surface area contributed by atoms with Crippen LogP contribution < -0.4 is 5.32 Å². The highest BCUT2D eigenvalue weighted by Gasteiger charge is 2.26. The van der Waals surface area contributed by atoms with Crippen molar-refractivity contribution in [1.82, 2.24) is 0 Å². The van der Waals surface area contributed by atoms with Crippen molar-refractivity contribution >= 4 is 23.4 Å². The molecule has 4 heteroatoms. The molecule has 0 fully saturated rings. The van der Waals surface area contributed by atoms with E-state index in [-0.39, 0.29) is 16.7 Å². The second-order valence-corrected chi connectivity index (χ2v) is 10.1. The van der Waals surface area contributed by atoms with Crippen molar-refractivity contribution in [3.63, 3.8) is 0 Å². The molecule has 2 aromatic carbocycles. The Morgan fingerprint density at radius 2 is 1.56 bits per heavy atom. The minimum atomic E-state index is -0.176. The molecule has 0 atom stereocenters. The maximum absolute atomic E-state index is 12.3. The molecule has 0 aliphatic carbocycles. The van der Waals surface area contributed by atoms with E-state index in [0.29, 0.717) is 11.5 Å². The third-order valence-corrected chi connectivity index (χ3v) is 5.35. The molecule has 0 saturated heterocycles. The van der Waals surface area contributed by atoms with Gasteiger partial charge >= 0.3 is 0 Å². The van der Waals surface area contributed by atoms with Crippen LogP contribution in [0.4, 0.5) is 5.69 Å². The largest absolute Gasteiger partial charge is 0.507 e. The topological polar surface area (TPSA) is 49.3 Å². The Bertz CT molecular complexity index is 794. The molecule has 3 nitrogen and oxygen atoms in total.